The summed E-state index contributed by atoms with van der Waals surface area (Å²) < 4.78 is 5.20. The van der Waals surface area contributed by atoms with E-state index in [9.17, 15) is 4.79 Å². The van der Waals surface area contributed by atoms with Crippen LogP contribution in [0, 0.1) is 0 Å². The van der Waals surface area contributed by atoms with Crippen molar-refractivity contribution in [3.8, 4) is 0 Å². The number of rotatable bonds is 6. The molecule has 2 nitrogen and oxygen atoms in total. The van der Waals surface area contributed by atoms with Gasteiger partial charge >= 0.3 is 5.97 Å². The molecule has 0 saturated heterocycles. The van der Waals surface area contributed by atoms with Gasteiger partial charge in [0.25, 0.3) is 0 Å². The van der Waals surface area contributed by atoms with Crippen LogP contribution in [0.25, 0.3) is 0 Å². The molecule has 0 bridgehead atoms. The number of hydrogen-bond acceptors (Lipinski definition) is 2. The maximum atomic E-state index is 11.7. The van der Waals surface area contributed by atoms with Gasteiger partial charge in [-0.3, -0.25) is 4.79 Å². The second-order valence-electron chi connectivity index (χ2n) is 5.00. The van der Waals surface area contributed by atoms with Gasteiger partial charge in [-0.05, 0) is 12.0 Å². The second-order valence-corrected chi connectivity index (χ2v) is 5.00. The van der Waals surface area contributed by atoms with Crippen molar-refractivity contribution in [1.29, 1.82) is 0 Å². The minimum atomic E-state index is -0.162. The van der Waals surface area contributed by atoms with Gasteiger partial charge in [0, 0.05) is 5.41 Å². The molecule has 0 aliphatic carbocycles. The van der Waals surface area contributed by atoms with Gasteiger partial charge in [-0.25, -0.2) is 0 Å². The van der Waals surface area contributed by atoms with Crippen LogP contribution in [0.15, 0.2) is 30.3 Å². The quantitative estimate of drug-likeness (QED) is 0.554. The van der Waals surface area contributed by atoms with Gasteiger partial charge in [-0.15, -0.1) is 0 Å². The minimum absolute atomic E-state index is 0.104. The zero-order valence-electron chi connectivity index (χ0n) is 11.0. The summed E-state index contributed by atoms with van der Waals surface area (Å²) in [6.45, 7) is 6.77. The van der Waals surface area contributed by atoms with Gasteiger partial charge in [0.15, 0.2) is 0 Å². The Hall–Kier alpha value is -1.31. The number of benzene rings is 1. The van der Waals surface area contributed by atoms with E-state index in [2.05, 4.69) is 32.9 Å². The van der Waals surface area contributed by atoms with Crippen LogP contribution >= 0.6 is 0 Å². The normalized spacial score (nSPS) is 11.2. The number of carbonyl (C=O) groups excluding carboxylic acids is 1. The number of unbranched alkanes of at least 4 members (excludes halogenated alkanes) is 1. The number of esters is 1. The van der Waals surface area contributed by atoms with E-state index in [1.54, 1.807) is 0 Å². The standard InChI is InChI=1S/C15H22O2/c1-4-5-11-17-14(16)12-15(2,3)13-9-7-6-8-10-13/h6-10H,4-5,11-12H2,1-3H3. The molecule has 0 amide bonds. The van der Waals surface area contributed by atoms with Crippen LogP contribution < -0.4 is 0 Å². The molecular weight excluding hydrogens is 212 g/mol. The van der Waals surface area contributed by atoms with E-state index in [1.165, 1.54) is 5.56 Å². The fraction of sp³-hybridized carbons (Fsp3) is 0.533. The molecule has 17 heavy (non-hydrogen) atoms. The van der Waals surface area contributed by atoms with E-state index < -0.39 is 0 Å². The summed E-state index contributed by atoms with van der Waals surface area (Å²) in [5.74, 6) is -0.104. The molecule has 0 radical (unpaired) electrons. The highest BCUT2D eigenvalue weighted by Gasteiger charge is 2.24. The molecule has 0 N–H and O–H groups in total. The van der Waals surface area contributed by atoms with Crippen LogP contribution in [-0.4, -0.2) is 12.6 Å². The van der Waals surface area contributed by atoms with E-state index in [1.807, 2.05) is 18.2 Å². The first-order valence-electron chi connectivity index (χ1n) is 6.27. The summed E-state index contributed by atoms with van der Waals surface area (Å²) in [7, 11) is 0. The van der Waals surface area contributed by atoms with Crippen LogP contribution in [0.3, 0.4) is 0 Å². The first-order valence-corrected chi connectivity index (χ1v) is 6.27. The summed E-state index contributed by atoms with van der Waals surface area (Å²) in [5.41, 5.74) is 1.01. The summed E-state index contributed by atoms with van der Waals surface area (Å²) in [4.78, 5) is 11.7. The van der Waals surface area contributed by atoms with Crippen molar-refractivity contribution < 1.29 is 9.53 Å². The molecule has 0 spiro atoms. The Morgan fingerprint density at radius 1 is 1.24 bits per heavy atom. The van der Waals surface area contributed by atoms with Crippen molar-refractivity contribution >= 4 is 5.97 Å². The Labute approximate surface area is 104 Å². The first-order chi connectivity index (χ1) is 8.06. The van der Waals surface area contributed by atoms with Crippen molar-refractivity contribution in [2.45, 2.75) is 45.4 Å². The van der Waals surface area contributed by atoms with Crippen molar-refractivity contribution in [2.75, 3.05) is 6.61 Å². The zero-order chi connectivity index (χ0) is 12.7. The average Bonchev–Trinajstić information content (AvgIpc) is 2.30. The second kappa shape index (κ2) is 6.43. The third kappa shape index (κ3) is 4.59. The average molecular weight is 234 g/mol. The van der Waals surface area contributed by atoms with Crippen molar-refractivity contribution in [3.63, 3.8) is 0 Å². The largest absolute Gasteiger partial charge is 0.466 e. The molecule has 1 rings (SSSR count). The SMILES string of the molecule is CCCCOC(=O)CC(C)(C)c1ccccc1. The molecule has 0 saturated carbocycles. The van der Waals surface area contributed by atoms with Crippen LogP contribution in [0.1, 0.15) is 45.6 Å². The summed E-state index contributed by atoms with van der Waals surface area (Å²) in [6, 6.07) is 10.1. The molecule has 0 atom stereocenters. The predicted octanol–water partition coefficient (Wildman–Crippen LogP) is 3.70. The third-order valence-corrected chi connectivity index (χ3v) is 2.90. The van der Waals surface area contributed by atoms with Crippen LogP contribution in [0.5, 0.6) is 0 Å². The molecule has 2 heteroatoms. The van der Waals surface area contributed by atoms with E-state index in [0.29, 0.717) is 13.0 Å². The zero-order valence-corrected chi connectivity index (χ0v) is 11.0. The maximum absolute atomic E-state index is 11.7. The molecule has 1 aromatic carbocycles. The molecule has 94 valence electrons. The summed E-state index contributed by atoms with van der Waals surface area (Å²) >= 11 is 0. The fourth-order valence-electron chi connectivity index (χ4n) is 1.73. The van der Waals surface area contributed by atoms with Gasteiger partial charge in [0.2, 0.25) is 0 Å². The van der Waals surface area contributed by atoms with E-state index in [4.69, 9.17) is 4.74 Å². The Morgan fingerprint density at radius 2 is 1.88 bits per heavy atom. The van der Waals surface area contributed by atoms with Crippen LogP contribution in [0.4, 0.5) is 0 Å². The Kier molecular flexibility index (Phi) is 5.20. The van der Waals surface area contributed by atoms with Crippen molar-refractivity contribution in [1.82, 2.24) is 0 Å². The fourth-order valence-corrected chi connectivity index (χ4v) is 1.73. The van der Waals surface area contributed by atoms with Gasteiger partial charge in [-0.1, -0.05) is 57.5 Å². The monoisotopic (exact) mass is 234 g/mol. The third-order valence-electron chi connectivity index (χ3n) is 2.90. The van der Waals surface area contributed by atoms with E-state index in [-0.39, 0.29) is 11.4 Å². The van der Waals surface area contributed by atoms with E-state index >= 15 is 0 Å². The minimum Gasteiger partial charge on any atom is -0.466 e. The lowest BCUT2D eigenvalue weighted by Crippen LogP contribution is -2.23. The van der Waals surface area contributed by atoms with E-state index in [0.717, 1.165) is 12.8 Å². The molecule has 1 aromatic rings. The topological polar surface area (TPSA) is 26.3 Å². The highest BCUT2D eigenvalue weighted by molar-refractivity contribution is 5.71. The maximum Gasteiger partial charge on any atom is 0.306 e. The molecule has 0 aliphatic heterocycles. The van der Waals surface area contributed by atoms with Gasteiger partial charge < -0.3 is 4.74 Å². The lowest BCUT2D eigenvalue weighted by Gasteiger charge is -2.24. The highest BCUT2D eigenvalue weighted by Crippen LogP contribution is 2.27. The Bertz CT molecular complexity index is 341. The lowest BCUT2D eigenvalue weighted by atomic mass is 9.82. The van der Waals surface area contributed by atoms with Gasteiger partial charge in [0.05, 0.1) is 13.0 Å². The van der Waals surface area contributed by atoms with Crippen LogP contribution in [-0.2, 0) is 14.9 Å². The highest BCUT2D eigenvalue weighted by atomic mass is 16.5. The molecule has 0 heterocycles. The summed E-state index contributed by atoms with van der Waals surface area (Å²) in [5, 5.41) is 0. The Morgan fingerprint density at radius 3 is 2.47 bits per heavy atom. The number of hydrogen-bond donors (Lipinski definition) is 0. The smallest absolute Gasteiger partial charge is 0.306 e. The van der Waals surface area contributed by atoms with Crippen molar-refractivity contribution in [3.05, 3.63) is 35.9 Å². The molecule has 0 aliphatic rings. The molecule has 0 aromatic heterocycles. The van der Waals surface area contributed by atoms with Crippen LogP contribution in [0.2, 0.25) is 0 Å². The lowest BCUT2D eigenvalue weighted by molar-refractivity contribution is -0.145. The summed E-state index contributed by atoms with van der Waals surface area (Å²) in [6.07, 6.45) is 2.42. The Balaban J connectivity index is 2.52. The van der Waals surface area contributed by atoms with Gasteiger partial charge in [-0.2, -0.15) is 0 Å². The molecule has 0 unspecified atom stereocenters. The molecular formula is C15H22O2. The van der Waals surface area contributed by atoms with Gasteiger partial charge in [0.1, 0.15) is 0 Å². The predicted molar refractivity (Wildman–Crippen MR) is 70.0 cm³/mol. The molecule has 0 fully saturated rings. The van der Waals surface area contributed by atoms with Crippen molar-refractivity contribution in [2.24, 2.45) is 0 Å². The number of carbonyl (C=O) groups is 1. The number of ether oxygens (including phenoxy) is 1. The first kappa shape index (κ1) is 13.8.